The maximum atomic E-state index is 10.2. The van der Waals surface area contributed by atoms with Gasteiger partial charge in [-0.2, -0.15) is 0 Å². The molecule has 2 aromatic rings. The number of aromatic nitrogens is 1. The number of aliphatic hydroxyl groups is 1. The van der Waals surface area contributed by atoms with Crippen LogP contribution in [0.2, 0.25) is 0 Å². The third kappa shape index (κ3) is 2.85. The number of aliphatic hydroxyl groups excluding tert-OH is 1. The van der Waals surface area contributed by atoms with Crippen molar-refractivity contribution in [2.45, 2.75) is 31.4 Å². The fourth-order valence-electron chi connectivity index (χ4n) is 2.54. The molecule has 4 nitrogen and oxygen atoms in total. The molecule has 2 heterocycles. The van der Waals surface area contributed by atoms with Crippen LogP contribution in [0.15, 0.2) is 40.9 Å². The van der Waals surface area contributed by atoms with Gasteiger partial charge in [0.2, 0.25) is 0 Å². The molecule has 2 atom stereocenters. The van der Waals surface area contributed by atoms with Gasteiger partial charge in [0.15, 0.2) is 0 Å². The number of hydrogen-bond acceptors (Lipinski definition) is 4. The molecule has 1 saturated heterocycles. The van der Waals surface area contributed by atoms with E-state index in [0.717, 1.165) is 25.1 Å². The van der Waals surface area contributed by atoms with Crippen LogP contribution in [-0.4, -0.2) is 22.8 Å². The fraction of sp³-hybridized carbons (Fsp3) is 0.400. The maximum Gasteiger partial charge on any atom is 0.141 e. The van der Waals surface area contributed by atoms with Crippen LogP contribution in [0, 0.1) is 0 Å². The lowest BCUT2D eigenvalue weighted by molar-refractivity contribution is 0.128. The summed E-state index contributed by atoms with van der Waals surface area (Å²) in [5, 5.41) is 17.5. The lowest BCUT2D eigenvalue weighted by Crippen LogP contribution is -2.28. The predicted octanol–water partition coefficient (Wildman–Crippen LogP) is 2.05. The van der Waals surface area contributed by atoms with Crippen LogP contribution in [0.3, 0.4) is 0 Å². The standard InChI is InChI=1S/C15H18N2O2/c18-15(13-7-4-8-16-13)14-10-12(19-17-14)9-11-5-2-1-3-6-11/h1-3,5-6,10,13,15-16,18H,4,7-9H2/t13-,15-/m1/s1. The minimum absolute atomic E-state index is 0.106. The number of hydrogen-bond donors (Lipinski definition) is 2. The summed E-state index contributed by atoms with van der Waals surface area (Å²) in [7, 11) is 0. The summed E-state index contributed by atoms with van der Waals surface area (Å²) in [5.74, 6) is 0.790. The molecule has 2 N–H and O–H groups in total. The second-order valence-corrected chi connectivity index (χ2v) is 5.03. The van der Waals surface area contributed by atoms with Crippen molar-refractivity contribution in [2.24, 2.45) is 0 Å². The van der Waals surface area contributed by atoms with Gasteiger partial charge in [0, 0.05) is 18.5 Å². The lowest BCUT2D eigenvalue weighted by atomic mass is 10.1. The third-order valence-electron chi connectivity index (χ3n) is 3.58. The molecule has 1 aliphatic rings. The molecular weight excluding hydrogens is 240 g/mol. The molecule has 100 valence electrons. The first-order valence-electron chi connectivity index (χ1n) is 6.74. The van der Waals surface area contributed by atoms with E-state index < -0.39 is 6.10 Å². The lowest BCUT2D eigenvalue weighted by Gasteiger charge is -2.14. The van der Waals surface area contributed by atoms with E-state index in [1.54, 1.807) is 0 Å². The van der Waals surface area contributed by atoms with Crippen LogP contribution in [0.4, 0.5) is 0 Å². The van der Waals surface area contributed by atoms with Crippen molar-refractivity contribution in [3.8, 4) is 0 Å². The summed E-state index contributed by atoms with van der Waals surface area (Å²) in [6.07, 6.45) is 2.23. The molecule has 4 heteroatoms. The van der Waals surface area contributed by atoms with Crippen LogP contribution in [0.5, 0.6) is 0 Å². The van der Waals surface area contributed by atoms with E-state index >= 15 is 0 Å². The van der Waals surface area contributed by atoms with Gasteiger partial charge in [0.05, 0.1) is 0 Å². The summed E-state index contributed by atoms with van der Waals surface area (Å²) < 4.78 is 5.31. The minimum Gasteiger partial charge on any atom is -0.385 e. The molecule has 1 fully saturated rings. The molecule has 19 heavy (non-hydrogen) atoms. The summed E-state index contributed by atoms with van der Waals surface area (Å²) in [6, 6.07) is 12.1. The molecule has 0 radical (unpaired) electrons. The Bertz CT molecular complexity index is 518. The van der Waals surface area contributed by atoms with Crippen LogP contribution in [-0.2, 0) is 6.42 Å². The topological polar surface area (TPSA) is 58.3 Å². The first-order chi connectivity index (χ1) is 9.33. The predicted molar refractivity (Wildman–Crippen MR) is 71.7 cm³/mol. The van der Waals surface area contributed by atoms with Crippen molar-refractivity contribution in [2.75, 3.05) is 6.54 Å². The summed E-state index contributed by atoms with van der Waals surface area (Å²) in [6.45, 7) is 0.969. The van der Waals surface area contributed by atoms with Gasteiger partial charge in [0.25, 0.3) is 0 Å². The average Bonchev–Trinajstić information content (AvgIpc) is 3.10. The highest BCUT2D eigenvalue weighted by Gasteiger charge is 2.26. The molecule has 0 bridgehead atoms. The Morgan fingerprint density at radius 1 is 1.37 bits per heavy atom. The first kappa shape index (κ1) is 12.4. The van der Waals surface area contributed by atoms with Crippen LogP contribution >= 0.6 is 0 Å². The largest absolute Gasteiger partial charge is 0.385 e. The Hall–Kier alpha value is -1.65. The van der Waals surface area contributed by atoms with Gasteiger partial charge in [0.1, 0.15) is 17.6 Å². The van der Waals surface area contributed by atoms with E-state index in [-0.39, 0.29) is 6.04 Å². The van der Waals surface area contributed by atoms with Crippen molar-refractivity contribution in [1.82, 2.24) is 10.5 Å². The van der Waals surface area contributed by atoms with Gasteiger partial charge < -0.3 is 14.9 Å². The third-order valence-corrected chi connectivity index (χ3v) is 3.58. The summed E-state index contributed by atoms with van der Waals surface area (Å²) in [5.41, 5.74) is 1.81. The van der Waals surface area contributed by atoms with E-state index in [9.17, 15) is 5.11 Å². The fourth-order valence-corrected chi connectivity index (χ4v) is 2.54. The first-order valence-corrected chi connectivity index (χ1v) is 6.74. The van der Waals surface area contributed by atoms with Gasteiger partial charge in [-0.25, -0.2) is 0 Å². The highest BCUT2D eigenvalue weighted by molar-refractivity contribution is 5.21. The Morgan fingerprint density at radius 3 is 2.95 bits per heavy atom. The molecule has 1 aromatic heterocycles. The Balaban J connectivity index is 1.69. The molecule has 0 saturated carbocycles. The molecule has 0 spiro atoms. The molecular formula is C15H18N2O2. The molecule has 1 aromatic carbocycles. The smallest absolute Gasteiger partial charge is 0.141 e. The van der Waals surface area contributed by atoms with Gasteiger partial charge >= 0.3 is 0 Å². The summed E-state index contributed by atoms with van der Waals surface area (Å²) >= 11 is 0. The van der Waals surface area contributed by atoms with Crippen LogP contribution in [0.25, 0.3) is 0 Å². The molecule has 1 aliphatic heterocycles. The van der Waals surface area contributed by atoms with Gasteiger partial charge in [-0.05, 0) is 24.9 Å². The molecule has 3 rings (SSSR count). The van der Waals surface area contributed by atoms with Crippen LogP contribution in [0.1, 0.15) is 36.0 Å². The second-order valence-electron chi connectivity index (χ2n) is 5.03. The number of benzene rings is 1. The Kier molecular flexibility index (Phi) is 3.62. The molecule has 0 amide bonds. The van der Waals surface area contributed by atoms with Crippen molar-refractivity contribution >= 4 is 0 Å². The van der Waals surface area contributed by atoms with Crippen LogP contribution < -0.4 is 5.32 Å². The van der Waals surface area contributed by atoms with Crippen molar-refractivity contribution in [3.05, 3.63) is 53.4 Å². The van der Waals surface area contributed by atoms with E-state index in [1.165, 1.54) is 5.56 Å². The Morgan fingerprint density at radius 2 is 2.21 bits per heavy atom. The van der Waals surface area contributed by atoms with Crippen molar-refractivity contribution < 1.29 is 9.63 Å². The van der Waals surface area contributed by atoms with E-state index in [4.69, 9.17) is 4.52 Å². The highest BCUT2D eigenvalue weighted by atomic mass is 16.5. The van der Waals surface area contributed by atoms with Gasteiger partial charge in [-0.3, -0.25) is 0 Å². The highest BCUT2D eigenvalue weighted by Crippen LogP contribution is 2.23. The zero-order chi connectivity index (χ0) is 13.1. The second kappa shape index (κ2) is 5.55. The monoisotopic (exact) mass is 258 g/mol. The average molecular weight is 258 g/mol. The quantitative estimate of drug-likeness (QED) is 0.881. The number of nitrogens with zero attached hydrogens (tertiary/aromatic N) is 1. The van der Waals surface area contributed by atoms with Gasteiger partial charge in [-0.1, -0.05) is 35.5 Å². The van der Waals surface area contributed by atoms with E-state index in [2.05, 4.69) is 22.6 Å². The Labute approximate surface area is 112 Å². The number of rotatable bonds is 4. The molecule has 0 aliphatic carbocycles. The molecule has 0 unspecified atom stereocenters. The normalized spacial score (nSPS) is 20.6. The minimum atomic E-state index is -0.573. The van der Waals surface area contributed by atoms with Crippen molar-refractivity contribution in [1.29, 1.82) is 0 Å². The summed E-state index contributed by atoms with van der Waals surface area (Å²) in [4.78, 5) is 0. The maximum absolute atomic E-state index is 10.2. The zero-order valence-electron chi connectivity index (χ0n) is 10.7. The van der Waals surface area contributed by atoms with Gasteiger partial charge in [-0.15, -0.1) is 0 Å². The number of nitrogens with one attached hydrogen (secondary N) is 1. The van der Waals surface area contributed by atoms with Crippen molar-refractivity contribution in [3.63, 3.8) is 0 Å². The van der Waals surface area contributed by atoms with E-state index in [0.29, 0.717) is 12.1 Å². The van der Waals surface area contributed by atoms with E-state index in [1.807, 2.05) is 24.3 Å². The zero-order valence-corrected chi connectivity index (χ0v) is 10.7. The SMILES string of the molecule is O[C@@H](c1cc(Cc2ccccc2)on1)[C@H]1CCCN1.